The van der Waals surface area contributed by atoms with Gasteiger partial charge in [0, 0.05) is 12.3 Å². The summed E-state index contributed by atoms with van der Waals surface area (Å²) in [6.07, 6.45) is 5.06. The van der Waals surface area contributed by atoms with Gasteiger partial charge in [0.1, 0.15) is 6.10 Å². The van der Waals surface area contributed by atoms with Crippen LogP contribution in [0, 0.1) is 17.8 Å². The van der Waals surface area contributed by atoms with Crippen molar-refractivity contribution < 1.29 is 19.4 Å². The van der Waals surface area contributed by atoms with Gasteiger partial charge in [0.15, 0.2) is 11.5 Å². The summed E-state index contributed by atoms with van der Waals surface area (Å²) in [6.45, 7) is 8.83. The number of esters is 1. The van der Waals surface area contributed by atoms with E-state index in [2.05, 4.69) is 33.8 Å². The van der Waals surface area contributed by atoms with Gasteiger partial charge in [0.25, 0.3) is 0 Å². The first-order valence-electron chi connectivity index (χ1n) is 9.75. The van der Waals surface area contributed by atoms with Gasteiger partial charge in [-0.1, -0.05) is 36.6 Å². The molecule has 3 atom stereocenters. The quantitative estimate of drug-likeness (QED) is 0.579. The first-order chi connectivity index (χ1) is 12.8. The third-order valence-electron chi connectivity index (χ3n) is 6.19. The van der Waals surface area contributed by atoms with Gasteiger partial charge in [0.05, 0.1) is 12.7 Å². The molecule has 27 heavy (non-hydrogen) atoms. The van der Waals surface area contributed by atoms with Crippen molar-refractivity contribution in [2.75, 3.05) is 7.11 Å². The molecule has 0 heterocycles. The Kier molecular flexibility index (Phi) is 5.64. The largest absolute Gasteiger partial charge is 0.504 e. The number of phenolic OH excluding ortho intramolecular Hbond substituents is 1. The van der Waals surface area contributed by atoms with Crippen molar-refractivity contribution in [2.24, 2.45) is 17.8 Å². The molecule has 0 saturated heterocycles. The molecule has 0 bridgehead atoms. The third-order valence-corrected chi connectivity index (χ3v) is 6.19. The molecular weight excluding hydrogens is 340 g/mol. The molecule has 0 amide bonds. The fourth-order valence-corrected chi connectivity index (χ4v) is 4.48. The summed E-state index contributed by atoms with van der Waals surface area (Å²) in [6, 6.07) is 4.58. The van der Waals surface area contributed by atoms with Crippen LogP contribution in [0.25, 0.3) is 0 Å². The smallest absolute Gasteiger partial charge is 0.338 e. The minimum Gasteiger partial charge on any atom is -0.504 e. The molecule has 0 fully saturated rings. The summed E-state index contributed by atoms with van der Waals surface area (Å²) >= 11 is 0. The zero-order chi connectivity index (χ0) is 19.7. The van der Waals surface area contributed by atoms with Crippen LogP contribution in [-0.2, 0) is 4.74 Å². The number of benzene rings is 1. The zero-order valence-electron chi connectivity index (χ0n) is 16.9. The summed E-state index contributed by atoms with van der Waals surface area (Å²) in [5, 5.41) is 9.75. The lowest BCUT2D eigenvalue weighted by atomic mass is 9.81. The molecule has 4 nitrogen and oxygen atoms in total. The number of fused-ring (bicyclic) bond motifs is 1. The number of allylic oxidation sites excluding steroid dienone is 3. The Balaban J connectivity index is 1.84. The predicted molar refractivity (Wildman–Crippen MR) is 106 cm³/mol. The SMILES string of the molecule is COc1cc(C(=O)O[C@H]2CC(C)=C3CC=C(C)[C@@H]3C[C@@H]2C(C)C)ccc1O. The highest BCUT2D eigenvalue weighted by molar-refractivity contribution is 5.90. The summed E-state index contributed by atoms with van der Waals surface area (Å²) in [5.41, 5.74) is 4.73. The van der Waals surface area contributed by atoms with E-state index < -0.39 is 0 Å². The minimum absolute atomic E-state index is 0.0132. The van der Waals surface area contributed by atoms with Gasteiger partial charge in [-0.25, -0.2) is 4.79 Å². The van der Waals surface area contributed by atoms with Gasteiger partial charge < -0.3 is 14.6 Å². The molecule has 4 heteroatoms. The van der Waals surface area contributed by atoms with E-state index in [0.29, 0.717) is 23.3 Å². The maximum Gasteiger partial charge on any atom is 0.338 e. The van der Waals surface area contributed by atoms with Gasteiger partial charge in [-0.05, 0) is 56.7 Å². The number of ether oxygens (including phenoxy) is 2. The van der Waals surface area contributed by atoms with Crippen molar-refractivity contribution >= 4 is 5.97 Å². The lowest BCUT2D eigenvalue weighted by Crippen LogP contribution is -2.31. The normalized spacial score (nSPS) is 25.1. The number of carbonyl (C=O) groups excluding carboxylic acids is 1. The van der Waals surface area contributed by atoms with Crippen LogP contribution in [0.15, 0.2) is 41.0 Å². The maximum absolute atomic E-state index is 12.8. The molecule has 0 aromatic heterocycles. The van der Waals surface area contributed by atoms with Crippen molar-refractivity contribution in [3.63, 3.8) is 0 Å². The van der Waals surface area contributed by atoms with Crippen LogP contribution in [0.4, 0.5) is 0 Å². The predicted octanol–water partition coefficient (Wildman–Crippen LogP) is 5.27. The Labute approximate surface area is 161 Å². The van der Waals surface area contributed by atoms with Crippen LogP contribution in [0.3, 0.4) is 0 Å². The van der Waals surface area contributed by atoms with Gasteiger partial charge in [-0.3, -0.25) is 0 Å². The highest BCUT2D eigenvalue weighted by Crippen LogP contribution is 2.45. The average Bonchev–Trinajstić information content (AvgIpc) is 2.92. The van der Waals surface area contributed by atoms with Crippen molar-refractivity contribution in [2.45, 2.75) is 53.1 Å². The molecule has 1 N–H and O–H groups in total. The van der Waals surface area contributed by atoms with E-state index in [1.54, 1.807) is 6.07 Å². The molecule has 1 aromatic rings. The van der Waals surface area contributed by atoms with Crippen molar-refractivity contribution in [3.8, 4) is 11.5 Å². The second kappa shape index (κ2) is 7.79. The Morgan fingerprint density at radius 2 is 2.00 bits per heavy atom. The fraction of sp³-hybridized carbons (Fsp3) is 0.522. The molecule has 2 aliphatic rings. The van der Waals surface area contributed by atoms with Gasteiger partial charge in [0.2, 0.25) is 0 Å². The van der Waals surface area contributed by atoms with E-state index in [1.165, 1.54) is 36.0 Å². The first-order valence-corrected chi connectivity index (χ1v) is 9.75. The van der Waals surface area contributed by atoms with E-state index in [-0.39, 0.29) is 23.6 Å². The molecule has 3 rings (SSSR count). The van der Waals surface area contributed by atoms with E-state index in [0.717, 1.165) is 19.3 Å². The van der Waals surface area contributed by atoms with Crippen LogP contribution in [0.5, 0.6) is 11.5 Å². The van der Waals surface area contributed by atoms with Crippen LogP contribution in [0.1, 0.15) is 57.3 Å². The highest BCUT2D eigenvalue weighted by atomic mass is 16.5. The highest BCUT2D eigenvalue weighted by Gasteiger charge is 2.37. The average molecular weight is 370 g/mol. The molecule has 2 aliphatic carbocycles. The second-order valence-corrected chi connectivity index (χ2v) is 8.19. The second-order valence-electron chi connectivity index (χ2n) is 8.19. The number of hydrogen-bond acceptors (Lipinski definition) is 4. The topological polar surface area (TPSA) is 55.8 Å². The monoisotopic (exact) mass is 370 g/mol. The number of rotatable bonds is 4. The van der Waals surface area contributed by atoms with Crippen LogP contribution in [-0.4, -0.2) is 24.3 Å². The summed E-state index contributed by atoms with van der Waals surface area (Å²) in [7, 11) is 1.47. The van der Waals surface area contributed by atoms with Crippen molar-refractivity contribution in [3.05, 3.63) is 46.6 Å². The third kappa shape index (κ3) is 3.90. The number of phenols is 1. The Morgan fingerprint density at radius 3 is 2.67 bits per heavy atom. The molecule has 1 aromatic carbocycles. The fourth-order valence-electron chi connectivity index (χ4n) is 4.48. The number of carbonyl (C=O) groups is 1. The summed E-state index contributed by atoms with van der Waals surface area (Å²) < 4.78 is 11.1. The lowest BCUT2D eigenvalue weighted by Gasteiger charge is -2.30. The number of aromatic hydroxyl groups is 1. The summed E-state index contributed by atoms with van der Waals surface area (Å²) in [4.78, 5) is 12.8. The minimum atomic E-state index is -0.360. The van der Waals surface area contributed by atoms with Crippen LogP contribution < -0.4 is 4.74 Å². The van der Waals surface area contributed by atoms with Crippen LogP contribution in [0.2, 0.25) is 0 Å². The van der Waals surface area contributed by atoms with E-state index in [4.69, 9.17) is 9.47 Å². The maximum atomic E-state index is 12.8. The Hall–Kier alpha value is -2.23. The van der Waals surface area contributed by atoms with E-state index >= 15 is 0 Å². The van der Waals surface area contributed by atoms with E-state index in [9.17, 15) is 9.90 Å². The first kappa shape index (κ1) is 19.5. The Morgan fingerprint density at radius 1 is 1.26 bits per heavy atom. The zero-order valence-corrected chi connectivity index (χ0v) is 16.9. The summed E-state index contributed by atoms with van der Waals surface area (Å²) in [5.74, 6) is 1.17. The molecule has 0 spiro atoms. The van der Waals surface area contributed by atoms with E-state index in [1.807, 2.05) is 0 Å². The molecular formula is C23H30O4. The van der Waals surface area contributed by atoms with Crippen molar-refractivity contribution in [1.29, 1.82) is 0 Å². The standard InChI is InChI=1S/C23H30O4/c1-13(2)18-12-19-14(3)6-8-17(19)15(4)10-21(18)27-23(25)16-7-9-20(24)22(11-16)26-5/h6-7,9,11,13,18-19,21,24H,8,10,12H2,1-5H3/t18-,19+,21+/m1/s1. The Bertz CT molecular complexity index is 788. The lowest BCUT2D eigenvalue weighted by molar-refractivity contribution is 0.00458. The van der Waals surface area contributed by atoms with Crippen molar-refractivity contribution in [1.82, 2.24) is 0 Å². The van der Waals surface area contributed by atoms with Gasteiger partial charge in [-0.15, -0.1) is 0 Å². The molecule has 0 aliphatic heterocycles. The number of methoxy groups -OCH3 is 1. The van der Waals surface area contributed by atoms with Gasteiger partial charge >= 0.3 is 5.97 Å². The number of hydrogen-bond donors (Lipinski definition) is 1. The molecule has 146 valence electrons. The molecule has 0 saturated carbocycles. The van der Waals surface area contributed by atoms with Gasteiger partial charge in [-0.2, -0.15) is 0 Å². The molecule has 0 radical (unpaired) electrons. The molecule has 0 unspecified atom stereocenters. The van der Waals surface area contributed by atoms with Crippen LogP contribution >= 0.6 is 0 Å².